The lowest BCUT2D eigenvalue weighted by Gasteiger charge is -2.07. The van der Waals surface area contributed by atoms with Crippen molar-refractivity contribution in [3.63, 3.8) is 0 Å². The first-order valence-electron chi connectivity index (χ1n) is 4.53. The Morgan fingerprint density at radius 2 is 1.31 bits per heavy atom. The lowest BCUT2D eigenvalue weighted by atomic mass is 10.2. The largest absolute Gasteiger partial charge is 0.324 e. The third-order valence-electron chi connectivity index (χ3n) is 2.21. The van der Waals surface area contributed by atoms with Gasteiger partial charge in [-0.3, -0.25) is 0 Å². The molecule has 16 heavy (non-hydrogen) atoms. The Labute approximate surface area is 128 Å². The van der Waals surface area contributed by atoms with Gasteiger partial charge in [-0.2, -0.15) is 0 Å². The lowest BCUT2D eigenvalue weighted by molar-refractivity contribution is 0.766. The Balaban J connectivity index is 2.39. The first kappa shape index (κ1) is 12.9. The van der Waals surface area contributed by atoms with Gasteiger partial charge in [-0.1, -0.05) is 30.3 Å². The highest BCUT2D eigenvalue weighted by atomic mass is 79.9. The zero-order valence-corrected chi connectivity index (χ0v) is 14.4. The van der Waals surface area contributed by atoms with E-state index in [4.69, 9.17) is 0 Å². The van der Waals surface area contributed by atoms with Gasteiger partial charge in [-0.15, -0.1) is 0 Å². The zero-order chi connectivity index (χ0) is 11.7. The van der Waals surface area contributed by atoms with Crippen LogP contribution >= 0.6 is 63.7 Å². The van der Waals surface area contributed by atoms with Gasteiger partial charge in [0.1, 0.15) is 9.21 Å². The molecule has 1 aromatic carbocycles. The summed E-state index contributed by atoms with van der Waals surface area (Å²) in [6.07, 6.45) is 0. The molecule has 0 radical (unpaired) electrons. The summed E-state index contributed by atoms with van der Waals surface area (Å²) in [6, 6.07) is 10.3. The Hall–Kier alpha value is 0.420. The second-order valence-corrected chi connectivity index (χ2v) is 6.37. The molecule has 0 saturated carbocycles. The van der Waals surface area contributed by atoms with Gasteiger partial charge >= 0.3 is 0 Å². The molecule has 0 saturated heterocycles. The summed E-state index contributed by atoms with van der Waals surface area (Å²) in [5.41, 5.74) is 1.26. The van der Waals surface area contributed by atoms with Gasteiger partial charge < -0.3 is 4.57 Å². The average Bonchev–Trinajstić information content (AvgIpc) is 2.48. The Morgan fingerprint density at radius 1 is 0.812 bits per heavy atom. The van der Waals surface area contributed by atoms with Crippen molar-refractivity contribution in [2.45, 2.75) is 6.54 Å². The van der Waals surface area contributed by atoms with Crippen LogP contribution in [-0.2, 0) is 6.54 Å². The van der Waals surface area contributed by atoms with Crippen molar-refractivity contribution in [1.29, 1.82) is 0 Å². The molecule has 2 aromatic rings. The smallest absolute Gasteiger partial charge is 0.101 e. The third kappa shape index (κ3) is 2.47. The maximum Gasteiger partial charge on any atom is 0.101 e. The summed E-state index contributed by atoms with van der Waals surface area (Å²) in [6.45, 7) is 0.826. The standard InChI is InChI=1S/C11H7Br4N/c12-8-9(13)11(15)16(10(8)14)6-7-4-2-1-3-5-7/h1-5H,6H2. The molecule has 1 heterocycles. The monoisotopic (exact) mass is 469 g/mol. The third-order valence-corrected chi connectivity index (χ3v) is 7.00. The van der Waals surface area contributed by atoms with Crippen molar-refractivity contribution in [2.24, 2.45) is 0 Å². The minimum absolute atomic E-state index is 0.826. The van der Waals surface area contributed by atoms with E-state index in [-0.39, 0.29) is 0 Å². The first-order valence-corrected chi connectivity index (χ1v) is 7.71. The first-order chi connectivity index (χ1) is 7.61. The van der Waals surface area contributed by atoms with Gasteiger partial charge in [0.15, 0.2) is 0 Å². The van der Waals surface area contributed by atoms with Gasteiger partial charge in [-0.25, -0.2) is 0 Å². The zero-order valence-electron chi connectivity index (χ0n) is 8.05. The molecular formula is C11H7Br4N. The van der Waals surface area contributed by atoms with E-state index in [1.807, 2.05) is 18.2 Å². The highest BCUT2D eigenvalue weighted by molar-refractivity contribution is 9.15. The van der Waals surface area contributed by atoms with E-state index in [0.717, 1.165) is 24.7 Å². The van der Waals surface area contributed by atoms with Crippen molar-refractivity contribution in [1.82, 2.24) is 4.57 Å². The van der Waals surface area contributed by atoms with Crippen molar-refractivity contribution < 1.29 is 0 Å². The van der Waals surface area contributed by atoms with Crippen molar-refractivity contribution in [3.8, 4) is 0 Å². The molecule has 0 N–H and O–H groups in total. The minimum atomic E-state index is 0.826. The molecule has 0 amide bonds. The number of aromatic nitrogens is 1. The van der Waals surface area contributed by atoms with Crippen LogP contribution in [0.5, 0.6) is 0 Å². The van der Waals surface area contributed by atoms with Crippen molar-refractivity contribution in [2.75, 3.05) is 0 Å². The molecule has 1 nitrogen and oxygen atoms in total. The van der Waals surface area contributed by atoms with Crippen LogP contribution in [0.15, 0.2) is 48.5 Å². The van der Waals surface area contributed by atoms with Crippen molar-refractivity contribution >= 4 is 63.7 Å². The molecule has 0 unspecified atom stereocenters. The van der Waals surface area contributed by atoms with Crippen LogP contribution in [0.2, 0.25) is 0 Å². The summed E-state index contributed by atoms with van der Waals surface area (Å²) in [7, 11) is 0. The molecule has 0 bridgehead atoms. The lowest BCUT2D eigenvalue weighted by Crippen LogP contribution is -1.99. The summed E-state index contributed by atoms with van der Waals surface area (Å²) < 4.78 is 6.24. The molecule has 0 spiro atoms. The number of halogens is 4. The van der Waals surface area contributed by atoms with Crippen LogP contribution in [0.3, 0.4) is 0 Å². The van der Waals surface area contributed by atoms with Crippen LogP contribution in [0, 0.1) is 0 Å². The molecule has 2 rings (SSSR count). The van der Waals surface area contributed by atoms with Crippen LogP contribution in [-0.4, -0.2) is 4.57 Å². The SMILES string of the molecule is Brc1c(Br)c(Br)n(Cc2ccccc2)c1Br. The number of hydrogen-bond acceptors (Lipinski definition) is 0. The highest BCUT2D eigenvalue weighted by Gasteiger charge is 2.15. The van der Waals surface area contributed by atoms with E-state index in [2.05, 4.69) is 80.4 Å². The Morgan fingerprint density at radius 3 is 1.81 bits per heavy atom. The normalized spacial score (nSPS) is 10.8. The topological polar surface area (TPSA) is 4.93 Å². The van der Waals surface area contributed by atoms with E-state index in [9.17, 15) is 0 Å². The van der Waals surface area contributed by atoms with E-state index in [0.29, 0.717) is 0 Å². The molecule has 0 atom stereocenters. The number of nitrogens with zero attached hydrogens (tertiary/aromatic N) is 1. The Kier molecular flexibility index (Phi) is 4.32. The van der Waals surface area contributed by atoms with Crippen LogP contribution in [0.1, 0.15) is 5.56 Å². The number of hydrogen-bond donors (Lipinski definition) is 0. The molecule has 84 valence electrons. The van der Waals surface area contributed by atoms with Gasteiger partial charge in [0, 0.05) is 6.54 Å². The van der Waals surface area contributed by atoms with Crippen molar-refractivity contribution in [3.05, 3.63) is 54.0 Å². The molecule has 5 heteroatoms. The average molecular weight is 473 g/mol. The molecular weight excluding hydrogens is 466 g/mol. The number of rotatable bonds is 2. The molecule has 1 aromatic heterocycles. The van der Waals surface area contributed by atoms with Crippen LogP contribution in [0.25, 0.3) is 0 Å². The van der Waals surface area contributed by atoms with E-state index in [1.54, 1.807) is 0 Å². The predicted octanol–water partition coefficient (Wildman–Crippen LogP) is 5.59. The second-order valence-electron chi connectivity index (χ2n) is 3.28. The van der Waals surface area contributed by atoms with Gasteiger partial charge in [0.25, 0.3) is 0 Å². The molecule has 0 aliphatic carbocycles. The predicted molar refractivity (Wildman–Crippen MR) is 80.8 cm³/mol. The maximum atomic E-state index is 3.57. The molecule has 0 fully saturated rings. The van der Waals surface area contributed by atoms with Gasteiger partial charge in [0.2, 0.25) is 0 Å². The van der Waals surface area contributed by atoms with Crippen LogP contribution < -0.4 is 0 Å². The number of benzene rings is 1. The van der Waals surface area contributed by atoms with E-state index in [1.165, 1.54) is 5.56 Å². The van der Waals surface area contributed by atoms with E-state index < -0.39 is 0 Å². The fourth-order valence-corrected chi connectivity index (χ4v) is 3.98. The van der Waals surface area contributed by atoms with Crippen LogP contribution in [0.4, 0.5) is 0 Å². The fraction of sp³-hybridized carbons (Fsp3) is 0.0909. The second kappa shape index (κ2) is 5.38. The molecule has 0 aliphatic rings. The highest BCUT2D eigenvalue weighted by Crippen LogP contribution is 2.39. The summed E-state index contributed by atoms with van der Waals surface area (Å²) >= 11 is 14.2. The molecule has 0 aliphatic heterocycles. The fourth-order valence-electron chi connectivity index (χ4n) is 1.41. The summed E-state index contributed by atoms with van der Waals surface area (Å²) in [5.74, 6) is 0. The van der Waals surface area contributed by atoms with Gasteiger partial charge in [0.05, 0.1) is 8.95 Å². The maximum absolute atomic E-state index is 3.57. The van der Waals surface area contributed by atoms with Gasteiger partial charge in [-0.05, 0) is 69.3 Å². The summed E-state index contributed by atoms with van der Waals surface area (Å²) in [5, 5.41) is 0. The quantitative estimate of drug-likeness (QED) is 0.537. The summed E-state index contributed by atoms with van der Waals surface area (Å²) in [4.78, 5) is 0. The minimum Gasteiger partial charge on any atom is -0.324 e. The van der Waals surface area contributed by atoms with E-state index >= 15 is 0 Å². The Bertz CT molecular complexity index is 479.